The molecule has 0 aromatic heterocycles. The molecule has 0 heterocycles. The standard InChI is InChI=1S/C11H17NO3/c1-11(2,7-13)15-10-5-8(12)4-9(6-10)14-3/h4-6,13H,7,12H2,1-3H3. The fourth-order valence-electron chi connectivity index (χ4n) is 1.12. The highest BCUT2D eigenvalue weighted by Gasteiger charge is 2.18. The Hall–Kier alpha value is -1.42. The van der Waals surface area contributed by atoms with Gasteiger partial charge in [0.25, 0.3) is 0 Å². The molecule has 3 N–H and O–H groups in total. The van der Waals surface area contributed by atoms with Crippen LogP contribution >= 0.6 is 0 Å². The first-order chi connectivity index (χ1) is 6.96. The topological polar surface area (TPSA) is 64.7 Å². The first-order valence-electron chi connectivity index (χ1n) is 4.71. The number of anilines is 1. The van der Waals surface area contributed by atoms with Gasteiger partial charge in [0.1, 0.15) is 17.1 Å². The third-order valence-corrected chi connectivity index (χ3v) is 1.91. The van der Waals surface area contributed by atoms with Crippen LogP contribution in [0.5, 0.6) is 11.5 Å². The summed E-state index contributed by atoms with van der Waals surface area (Å²) in [6.07, 6.45) is 0. The van der Waals surface area contributed by atoms with Gasteiger partial charge < -0.3 is 20.3 Å². The molecule has 0 atom stereocenters. The van der Waals surface area contributed by atoms with Gasteiger partial charge in [-0.2, -0.15) is 0 Å². The van der Waals surface area contributed by atoms with Gasteiger partial charge in [-0.1, -0.05) is 0 Å². The van der Waals surface area contributed by atoms with Crippen LogP contribution in [0.15, 0.2) is 18.2 Å². The number of nitrogen functional groups attached to an aromatic ring is 1. The Morgan fingerprint density at radius 2 is 1.87 bits per heavy atom. The van der Waals surface area contributed by atoms with Gasteiger partial charge in [0.15, 0.2) is 0 Å². The maximum absolute atomic E-state index is 9.06. The Labute approximate surface area is 89.6 Å². The van der Waals surface area contributed by atoms with Crippen LogP contribution in [0, 0.1) is 0 Å². The highest BCUT2D eigenvalue weighted by Crippen LogP contribution is 2.26. The molecule has 0 saturated carbocycles. The van der Waals surface area contributed by atoms with Crippen LogP contribution in [0.3, 0.4) is 0 Å². The van der Waals surface area contributed by atoms with Crippen LogP contribution < -0.4 is 15.2 Å². The van der Waals surface area contributed by atoms with Crippen molar-refractivity contribution in [2.24, 2.45) is 0 Å². The second-order valence-electron chi connectivity index (χ2n) is 3.96. The summed E-state index contributed by atoms with van der Waals surface area (Å²) in [7, 11) is 1.57. The zero-order valence-electron chi connectivity index (χ0n) is 9.28. The number of nitrogens with two attached hydrogens (primary N) is 1. The number of aliphatic hydroxyl groups is 1. The Morgan fingerprint density at radius 1 is 1.27 bits per heavy atom. The van der Waals surface area contributed by atoms with Gasteiger partial charge in [0, 0.05) is 23.9 Å². The summed E-state index contributed by atoms with van der Waals surface area (Å²) in [6.45, 7) is 3.52. The minimum atomic E-state index is -0.626. The van der Waals surface area contributed by atoms with E-state index in [0.717, 1.165) is 0 Å². The average Bonchev–Trinajstić information content (AvgIpc) is 2.16. The largest absolute Gasteiger partial charge is 0.497 e. The van der Waals surface area contributed by atoms with Crippen molar-refractivity contribution in [2.75, 3.05) is 19.5 Å². The van der Waals surface area contributed by atoms with Crippen molar-refractivity contribution in [3.05, 3.63) is 18.2 Å². The fraction of sp³-hybridized carbons (Fsp3) is 0.455. The van der Waals surface area contributed by atoms with E-state index in [-0.39, 0.29) is 6.61 Å². The number of hydrogen-bond acceptors (Lipinski definition) is 4. The van der Waals surface area contributed by atoms with Crippen LogP contribution in [0.2, 0.25) is 0 Å². The van der Waals surface area contributed by atoms with E-state index in [1.807, 2.05) is 0 Å². The fourth-order valence-corrected chi connectivity index (χ4v) is 1.12. The second kappa shape index (κ2) is 4.40. The molecule has 15 heavy (non-hydrogen) atoms. The lowest BCUT2D eigenvalue weighted by molar-refractivity contribution is 0.0411. The highest BCUT2D eigenvalue weighted by atomic mass is 16.5. The number of methoxy groups -OCH3 is 1. The third-order valence-electron chi connectivity index (χ3n) is 1.91. The lowest BCUT2D eigenvalue weighted by Gasteiger charge is -2.24. The van der Waals surface area contributed by atoms with Crippen molar-refractivity contribution >= 4 is 5.69 Å². The Balaban J connectivity index is 2.90. The number of benzene rings is 1. The van der Waals surface area contributed by atoms with E-state index >= 15 is 0 Å². The number of aliphatic hydroxyl groups excluding tert-OH is 1. The van der Waals surface area contributed by atoms with Gasteiger partial charge in [-0.25, -0.2) is 0 Å². The smallest absolute Gasteiger partial charge is 0.126 e. The van der Waals surface area contributed by atoms with Gasteiger partial charge >= 0.3 is 0 Å². The van der Waals surface area contributed by atoms with E-state index < -0.39 is 5.60 Å². The normalized spacial score (nSPS) is 11.2. The minimum absolute atomic E-state index is 0.0654. The van der Waals surface area contributed by atoms with Crippen molar-refractivity contribution in [2.45, 2.75) is 19.4 Å². The van der Waals surface area contributed by atoms with Gasteiger partial charge in [-0.05, 0) is 13.8 Å². The molecule has 84 valence electrons. The average molecular weight is 211 g/mol. The molecule has 1 aromatic rings. The summed E-state index contributed by atoms with van der Waals surface area (Å²) in [5.41, 5.74) is 5.61. The van der Waals surface area contributed by atoms with E-state index in [9.17, 15) is 0 Å². The van der Waals surface area contributed by atoms with Crippen molar-refractivity contribution in [3.8, 4) is 11.5 Å². The van der Waals surface area contributed by atoms with Crippen molar-refractivity contribution < 1.29 is 14.6 Å². The number of rotatable bonds is 4. The maximum atomic E-state index is 9.06. The summed E-state index contributed by atoms with van der Waals surface area (Å²) in [4.78, 5) is 0. The molecular formula is C11H17NO3. The molecule has 0 aliphatic heterocycles. The molecule has 1 rings (SSSR count). The summed E-state index contributed by atoms with van der Waals surface area (Å²) in [6, 6.07) is 5.13. The quantitative estimate of drug-likeness (QED) is 0.739. The van der Waals surface area contributed by atoms with Gasteiger partial charge in [-0.15, -0.1) is 0 Å². The lowest BCUT2D eigenvalue weighted by Crippen LogP contribution is -2.32. The molecule has 4 nitrogen and oxygen atoms in total. The zero-order chi connectivity index (χ0) is 11.5. The zero-order valence-corrected chi connectivity index (χ0v) is 9.28. The Morgan fingerprint density at radius 3 is 2.40 bits per heavy atom. The molecule has 0 saturated heterocycles. The molecule has 0 fully saturated rings. The number of hydrogen-bond donors (Lipinski definition) is 2. The molecular weight excluding hydrogens is 194 g/mol. The van der Waals surface area contributed by atoms with Gasteiger partial charge in [0.2, 0.25) is 0 Å². The Kier molecular flexibility index (Phi) is 3.42. The van der Waals surface area contributed by atoms with Crippen LogP contribution in [-0.2, 0) is 0 Å². The van der Waals surface area contributed by atoms with E-state index in [1.165, 1.54) is 0 Å². The SMILES string of the molecule is COc1cc(N)cc(OC(C)(C)CO)c1. The summed E-state index contributed by atoms with van der Waals surface area (Å²) < 4.78 is 10.6. The summed E-state index contributed by atoms with van der Waals surface area (Å²) in [5.74, 6) is 1.23. The minimum Gasteiger partial charge on any atom is -0.497 e. The molecule has 0 radical (unpaired) electrons. The van der Waals surface area contributed by atoms with Crippen LogP contribution in [0.1, 0.15) is 13.8 Å². The van der Waals surface area contributed by atoms with E-state index in [2.05, 4.69) is 0 Å². The van der Waals surface area contributed by atoms with Crippen LogP contribution in [0.25, 0.3) is 0 Å². The lowest BCUT2D eigenvalue weighted by atomic mass is 10.1. The molecule has 1 aromatic carbocycles. The molecule has 4 heteroatoms. The molecule has 0 bridgehead atoms. The molecule has 0 unspecified atom stereocenters. The van der Waals surface area contributed by atoms with E-state index in [1.54, 1.807) is 39.2 Å². The second-order valence-corrected chi connectivity index (χ2v) is 3.96. The van der Waals surface area contributed by atoms with Gasteiger partial charge in [0.05, 0.1) is 13.7 Å². The first kappa shape index (κ1) is 11.7. The van der Waals surface area contributed by atoms with Crippen molar-refractivity contribution in [1.82, 2.24) is 0 Å². The Bertz CT molecular complexity index is 337. The first-order valence-corrected chi connectivity index (χ1v) is 4.71. The maximum Gasteiger partial charge on any atom is 0.126 e. The predicted octanol–water partition coefficient (Wildman–Crippen LogP) is 1.43. The van der Waals surface area contributed by atoms with Crippen LogP contribution in [-0.4, -0.2) is 24.4 Å². The molecule has 0 aliphatic carbocycles. The van der Waals surface area contributed by atoms with E-state index in [0.29, 0.717) is 17.2 Å². The molecule has 0 amide bonds. The monoisotopic (exact) mass is 211 g/mol. The highest BCUT2D eigenvalue weighted by molar-refractivity contribution is 5.50. The van der Waals surface area contributed by atoms with Crippen LogP contribution in [0.4, 0.5) is 5.69 Å². The summed E-state index contributed by atoms with van der Waals surface area (Å²) >= 11 is 0. The number of ether oxygens (including phenoxy) is 2. The van der Waals surface area contributed by atoms with E-state index in [4.69, 9.17) is 20.3 Å². The van der Waals surface area contributed by atoms with Crippen molar-refractivity contribution in [1.29, 1.82) is 0 Å². The molecule has 0 aliphatic rings. The summed E-state index contributed by atoms with van der Waals surface area (Å²) in [5, 5.41) is 9.06. The third kappa shape index (κ3) is 3.32. The predicted molar refractivity (Wildman–Crippen MR) is 59.2 cm³/mol. The van der Waals surface area contributed by atoms with Crippen molar-refractivity contribution in [3.63, 3.8) is 0 Å². The van der Waals surface area contributed by atoms with Gasteiger partial charge in [-0.3, -0.25) is 0 Å². The molecule has 0 spiro atoms.